The van der Waals surface area contributed by atoms with Gasteiger partial charge in [-0.25, -0.2) is 4.98 Å². The minimum atomic E-state index is -0.0884. The molecule has 0 N–H and O–H groups in total. The molecule has 5 nitrogen and oxygen atoms in total. The molecule has 210 valence electrons. The first kappa shape index (κ1) is 25.3. The van der Waals surface area contributed by atoms with Gasteiger partial charge in [-0.1, -0.05) is 68.4 Å². The molecule has 0 radical (unpaired) electrons. The van der Waals surface area contributed by atoms with Crippen molar-refractivity contribution in [3.8, 4) is 34.9 Å². The zero-order valence-corrected chi connectivity index (χ0v) is 24.7. The Morgan fingerprint density at radius 3 is 1.82 bits per heavy atom. The number of para-hydroxylation sites is 1. The van der Waals surface area contributed by atoms with Crippen LogP contribution in [0.1, 0.15) is 36.1 Å². The Hall–Kier alpha value is -6.17. The molecule has 3 aromatic heterocycles. The summed E-state index contributed by atoms with van der Waals surface area (Å²) in [6, 6.07) is 44.0. The zero-order valence-electron chi connectivity index (χ0n) is 24.7. The van der Waals surface area contributed by atoms with Gasteiger partial charge in [0.05, 0.1) is 45.3 Å². The summed E-state index contributed by atoms with van der Waals surface area (Å²) in [5, 5.41) is 23.5. The molecule has 0 atom stereocenters. The molecule has 0 fully saturated rings. The second-order valence-corrected chi connectivity index (χ2v) is 12.3. The highest BCUT2D eigenvalue weighted by Gasteiger charge is 2.37. The maximum Gasteiger partial charge on any atom is 0.140 e. The summed E-state index contributed by atoms with van der Waals surface area (Å²) in [7, 11) is 0. The predicted molar refractivity (Wildman–Crippen MR) is 180 cm³/mol. The van der Waals surface area contributed by atoms with Gasteiger partial charge in [-0.3, -0.25) is 9.13 Å². The van der Waals surface area contributed by atoms with Crippen LogP contribution < -0.4 is 0 Å². The lowest BCUT2D eigenvalue weighted by Gasteiger charge is -2.21. The summed E-state index contributed by atoms with van der Waals surface area (Å²) < 4.78 is 4.40. The molecule has 3 heterocycles. The first-order chi connectivity index (χ1) is 22.0. The molecule has 8 aromatic rings. The number of fused-ring (bicyclic) bond motifs is 10. The third-order valence-corrected chi connectivity index (χ3v) is 9.58. The minimum Gasteiger partial charge on any atom is -0.294 e. The molecule has 0 saturated heterocycles. The van der Waals surface area contributed by atoms with E-state index < -0.39 is 0 Å². The SMILES string of the molecule is CC1(C)c2ccccc2-c2c1ccc1c2c2ccccc2n1-c1cccc(-n2c3ccc(C#N)cc3c3cc(C#N)ccc32)n1. The summed E-state index contributed by atoms with van der Waals surface area (Å²) in [4.78, 5) is 5.31. The maximum absolute atomic E-state index is 9.63. The minimum absolute atomic E-state index is 0.0884. The highest BCUT2D eigenvalue weighted by molar-refractivity contribution is 6.18. The van der Waals surface area contributed by atoms with Crippen molar-refractivity contribution < 1.29 is 0 Å². The van der Waals surface area contributed by atoms with E-state index in [0.717, 1.165) is 44.5 Å². The summed E-state index contributed by atoms with van der Waals surface area (Å²) in [6.45, 7) is 4.64. The third-order valence-electron chi connectivity index (χ3n) is 9.58. The predicted octanol–water partition coefficient (Wildman–Crippen LogP) is 9.33. The standard InChI is InChI=1S/C40H25N5/c1-40(2)30-10-5-3-8-26(30)38-31(40)16-19-35-39(38)27-9-4-6-11-32(27)45(35)37-13-7-12-36(43-37)44-33-17-14-24(22-41)20-28(33)29-21-25(23-42)15-18-34(29)44/h3-21H,1-2H3. The molecule has 5 heteroatoms. The van der Waals surface area contributed by atoms with E-state index in [1.54, 1.807) is 0 Å². The van der Waals surface area contributed by atoms with Gasteiger partial charge in [0.2, 0.25) is 0 Å². The van der Waals surface area contributed by atoms with Gasteiger partial charge >= 0.3 is 0 Å². The fourth-order valence-electron chi connectivity index (χ4n) is 7.57. The van der Waals surface area contributed by atoms with E-state index >= 15 is 0 Å². The van der Waals surface area contributed by atoms with E-state index in [9.17, 15) is 10.5 Å². The fourth-order valence-corrected chi connectivity index (χ4v) is 7.57. The van der Waals surface area contributed by atoms with Gasteiger partial charge in [-0.15, -0.1) is 0 Å². The Kier molecular flexibility index (Phi) is 5.03. The molecular weight excluding hydrogens is 550 g/mol. The molecule has 0 aliphatic heterocycles. The number of hydrogen-bond donors (Lipinski definition) is 0. The molecule has 5 aromatic carbocycles. The second-order valence-electron chi connectivity index (χ2n) is 12.3. The molecule has 0 saturated carbocycles. The van der Waals surface area contributed by atoms with Crippen LogP contribution in [0.4, 0.5) is 0 Å². The van der Waals surface area contributed by atoms with Gasteiger partial charge in [0.25, 0.3) is 0 Å². The topological polar surface area (TPSA) is 70.3 Å². The Labute approximate surface area is 259 Å². The number of hydrogen-bond acceptors (Lipinski definition) is 3. The maximum atomic E-state index is 9.63. The lowest BCUT2D eigenvalue weighted by molar-refractivity contribution is 0.661. The van der Waals surface area contributed by atoms with Gasteiger partial charge in [0.15, 0.2) is 0 Å². The molecule has 45 heavy (non-hydrogen) atoms. The van der Waals surface area contributed by atoms with Crippen molar-refractivity contribution in [2.45, 2.75) is 19.3 Å². The normalized spacial score (nSPS) is 13.2. The summed E-state index contributed by atoms with van der Waals surface area (Å²) in [5.74, 6) is 1.59. The molecule has 9 rings (SSSR count). The van der Waals surface area contributed by atoms with Crippen LogP contribution in [0.25, 0.3) is 66.4 Å². The summed E-state index contributed by atoms with van der Waals surface area (Å²) in [5.41, 5.74) is 10.5. The van der Waals surface area contributed by atoms with E-state index in [1.165, 1.54) is 33.0 Å². The number of rotatable bonds is 2. The summed E-state index contributed by atoms with van der Waals surface area (Å²) >= 11 is 0. The zero-order chi connectivity index (χ0) is 30.4. The van der Waals surface area contributed by atoms with E-state index in [-0.39, 0.29) is 5.41 Å². The number of aromatic nitrogens is 3. The molecule has 0 bridgehead atoms. The van der Waals surface area contributed by atoms with Gasteiger partial charge < -0.3 is 0 Å². The lowest BCUT2D eigenvalue weighted by Crippen LogP contribution is -2.14. The van der Waals surface area contributed by atoms with Crippen molar-refractivity contribution in [1.82, 2.24) is 14.1 Å². The molecule has 1 aliphatic carbocycles. The van der Waals surface area contributed by atoms with Crippen molar-refractivity contribution in [1.29, 1.82) is 10.5 Å². The van der Waals surface area contributed by atoms with Gasteiger partial charge in [-0.05, 0) is 82.9 Å². The molecule has 0 amide bonds. The molecule has 0 spiro atoms. The quantitative estimate of drug-likeness (QED) is 0.206. The van der Waals surface area contributed by atoms with Gasteiger partial charge in [0, 0.05) is 27.0 Å². The Balaban J connectivity index is 1.34. The average molecular weight is 576 g/mol. The lowest BCUT2D eigenvalue weighted by atomic mass is 9.82. The first-order valence-electron chi connectivity index (χ1n) is 15.0. The highest BCUT2D eigenvalue weighted by Crippen LogP contribution is 2.53. The number of nitrogens with zero attached hydrogens (tertiary/aromatic N) is 5. The molecule has 1 aliphatic rings. The Bertz CT molecular complexity index is 2580. The molecular formula is C40H25N5. The summed E-state index contributed by atoms with van der Waals surface area (Å²) in [6.07, 6.45) is 0. The second kappa shape index (κ2) is 8.92. The average Bonchev–Trinajstić information content (AvgIpc) is 3.67. The van der Waals surface area contributed by atoms with Crippen LogP contribution in [0.5, 0.6) is 0 Å². The van der Waals surface area contributed by atoms with Crippen molar-refractivity contribution in [3.63, 3.8) is 0 Å². The van der Waals surface area contributed by atoms with Crippen molar-refractivity contribution in [2.75, 3.05) is 0 Å². The van der Waals surface area contributed by atoms with Crippen LogP contribution in [0.2, 0.25) is 0 Å². The third kappa shape index (κ3) is 3.33. The first-order valence-corrected chi connectivity index (χ1v) is 15.0. The van der Waals surface area contributed by atoms with Crippen molar-refractivity contribution in [2.24, 2.45) is 0 Å². The van der Waals surface area contributed by atoms with Crippen LogP contribution in [0.15, 0.2) is 115 Å². The van der Waals surface area contributed by atoms with Gasteiger partial charge in [0.1, 0.15) is 11.6 Å². The van der Waals surface area contributed by atoms with Crippen LogP contribution in [-0.4, -0.2) is 14.1 Å². The van der Waals surface area contributed by atoms with Crippen LogP contribution >= 0.6 is 0 Å². The highest BCUT2D eigenvalue weighted by atomic mass is 15.1. The van der Waals surface area contributed by atoms with Crippen molar-refractivity contribution in [3.05, 3.63) is 138 Å². The van der Waals surface area contributed by atoms with Crippen molar-refractivity contribution >= 4 is 43.6 Å². The monoisotopic (exact) mass is 575 g/mol. The van der Waals surface area contributed by atoms with E-state index in [4.69, 9.17) is 4.98 Å². The number of pyridine rings is 1. The van der Waals surface area contributed by atoms with Crippen LogP contribution in [0.3, 0.4) is 0 Å². The Morgan fingerprint density at radius 2 is 1.13 bits per heavy atom. The number of benzene rings is 5. The Morgan fingerprint density at radius 1 is 0.556 bits per heavy atom. The molecule has 0 unspecified atom stereocenters. The van der Waals surface area contributed by atoms with E-state index in [2.05, 4.69) is 108 Å². The smallest absolute Gasteiger partial charge is 0.140 e. The fraction of sp³-hybridized carbons (Fsp3) is 0.0750. The number of nitriles is 2. The van der Waals surface area contributed by atoms with Crippen LogP contribution in [0, 0.1) is 22.7 Å². The largest absolute Gasteiger partial charge is 0.294 e. The van der Waals surface area contributed by atoms with E-state index in [0.29, 0.717) is 11.1 Å². The van der Waals surface area contributed by atoms with E-state index in [1.807, 2.05) is 42.5 Å². The van der Waals surface area contributed by atoms with Crippen LogP contribution in [-0.2, 0) is 5.41 Å². The van der Waals surface area contributed by atoms with Gasteiger partial charge in [-0.2, -0.15) is 10.5 Å².